The lowest BCUT2D eigenvalue weighted by Gasteiger charge is -2.10. The largest absolute Gasteiger partial charge is 0.508 e. The van der Waals surface area contributed by atoms with Gasteiger partial charge >= 0.3 is 0 Å². The van der Waals surface area contributed by atoms with Crippen LogP contribution >= 0.6 is 39.1 Å². The average Bonchev–Trinajstić information content (AvgIpc) is 2.36. The molecule has 0 aromatic heterocycles. The normalized spacial score (nSPS) is 10.6. The molecule has 2 rings (SSSR count). The predicted octanol–water partition coefficient (Wildman–Crippen LogP) is 5.47. The molecule has 106 valence electrons. The van der Waals surface area contributed by atoms with Gasteiger partial charge in [-0.3, -0.25) is 0 Å². The quantitative estimate of drug-likeness (QED) is 0.701. The fraction of sp³-hybridized carbons (Fsp3) is 0.200. The van der Waals surface area contributed by atoms with Gasteiger partial charge in [0.25, 0.3) is 0 Å². The molecule has 0 bridgehead atoms. The summed E-state index contributed by atoms with van der Waals surface area (Å²) in [6, 6.07) is 11.0. The number of hydrogen-bond acceptors (Lipinski definition) is 2. The molecule has 2 nitrogen and oxygen atoms in total. The minimum Gasteiger partial charge on any atom is -0.508 e. The van der Waals surface area contributed by atoms with Crippen LogP contribution < -0.4 is 4.74 Å². The van der Waals surface area contributed by atoms with Crippen LogP contribution in [0.25, 0.3) is 0 Å². The zero-order chi connectivity index (χ0) is 14.5. The van der Waals surface area contributed by atoms with Gasteiger partial charge in [0.1, 0.15) is 5.75 Å². The van der Waals surface area contributed by atoms with Crippen molar-refractivity contribution in [2.75, 3.05) is 6.61 Å². The SMILES string of the molecule is Oc1cc(Cl)c(OCCCc2cccc(Br)c2)c(Cl)c1. The first kappa shape index (κ1) is 15.5. The first-order chi connectivity index (χ1) is 9.56. The van der Waals surface area contributed by atoms with E-state index in [0.29, 0.717) is 22.4 Å². The number of aryl methyl sites for hydroxylation is 1. The van der Waals surface area contributed by atoms with Crippen molar-refractivity contribution in [3.63, 3.8) is 0 Å². The van der Waals surface area contributed by atoms with E-state index in [1.165, 1.54) is 17.7 Å². The van der Waals surface area contributed by atoms with Crippen LogP contribution in [0.5, 0.6) is 11.5 Å². The first-order valence-corrected chi connectivity index (χ1v) is 7.66. The summed E-state index contributed by atoms with van der Waals surface area (Å²) in [6.45, 7) is 0.511. The van der Waals surface area contributed by atoms with Crippen LogP contribution in [0.1, 0.15) is 12.0 Å². The van der Waals surface area contributed by atoms with Gasteiger partial charge in [0, 0.05) is 16.6 Å². The second-order valence-electron chi connectivity index (χ2n) is 4.32. The van der Waals surface area contributed by atoms with Crippen molar-refractivity contribution in [1.82, 2.24) is 0 Å². The van der Waals surface area contributed by atoms with Gasteiger partial charge in [-0.15, -0.1) is 0 Å². The molecule has 0 atom stereocenters. The van der Waals surface area contributed by atoms with Crippen LogP contribution in [-0.4, -0.2) is 11.7 Å². The number of ether oxygens (including phenoxy) is 1. The van der Waals surface area contributed by atoms with Gasteiger partial charge in [0.2, 0.25) is 0 Å². The van der Waals surface area contributed by atoms with Crippen molar-refractivity contribution in [3.05, 3.63) is 56.5 Å². The van der Waals surface area contributed by atoms with Gasteiger partial charge in [-0.05, 0) is 30.5 Å². The third-order valence-electron chi connectivity index (χ3n) is 2.73. The number of phenolic OH excluding ortho intramolecular Hbond substituents is 1. The number of halogens is 3. The molecule has 20 heavy (non-hydrogen) atoms. The summed E-state index contributed by atoms with van der Waals surface area (Å²) in [4.78, 5) is 0. The fourth-order valence-corrected chi connectivity index (χ4v) is 2.86. The lowest BCUT2D eigenvalue weighted by Crippen LogP contribution is -2.00. The maximum atomic E-state index is 9.34. The Labute approximate surface area is 136 Å². The van der Waals surface area contributed by atoms with E-state index in [1.54, 1.807) is 0 Å². The van der Waals surface area contributed by atoms with Crippen molar-refractivity contribution in [2.24, 2.45) is 0 Å². The molecule has 0 heterocycles. The standard InChI is InChI=1S/C15H13BrCl2O2/c16-11-5-1-3-10(7-11)4-2-6-20-15-13(17)8-12(19)9-14(15)18/h1,3,5,7-9,19H,2,4,6H2. The van der Waals surface area contributed by atoms with Crippen molar-refractivity contribution in [3.8, 4) is 11.5 Å². The average molecular weight is 376 g/mol. The summed E-state index contributed by atoms with van der Waals surface area (Å²) in [5.41, 5.74) is 1.24. The highest BCUT2D eigenvalue weighted by molar-refractivity contribution is 9.10. The molecular weight excluding hydrogens is 363 g/mol. The van der Waals surface area contributed by atoms with E-state index in [1.807, 2.05) is 12.1 Å². The molecular formula is C15H13BrCl2O2. The van der Waals surface area contributed by atoms with Crippen molar-refractivity contribution < 1.29 is 9.84 Å². The van der Waals surface area contributed by atoms with Crippen molar-refractivity contribution in [2.45, 2.75) is 12.8 Å². The van der Waals surface area contributed by atoms with Crippen LogP contribution in [0.15, 0.2) is 40.9 Å². The number of aromatic hydroxyl groups is 1. The Morgan fingerprint density at radius 3 is 2.45 bits per heavy atom. The third-order valence-corrected chi connectivity index (χ3v) is 3.78. The highest BCUT2D eigenvalue weighted by atomic mass is 79.9. The monoisotopic (exact) mass is 374 g/mol. The smallest absolute Gasteiger partial charge is 0.156 e. The molecule has 0 saturated heterocycles. The van der Waals surface area contributed by atoms with Gasteiger partial charge in [-0.2, -0.15) is 0 Å². The lowest BCUT2D eigenvalue weighted by atomic mass is 10.1. The Hall–Kier alpha value is -0.900. The first-order valence-electron chi connectivity index (χ1n) is 6.11. The Bertz CT molecular complexity index is 579. The summed E-state index contributed by atoms with van der Waals surface area (Å²) in [5.74, 6) is 0.446. The van der Waals surface area contributed by atoms with Gasteiger partial charge in [-0.1, -0.05) is 51.3 Å². The molecule has 0 unspecified atom stereocenters. The van der Waals surface area contributed by atoms with Gasteiger partial charge < -0.3 is 9.84 Å². The minimum absolute atomic E-state index is 0.0292. The topological polar surface area (TPSA) is 29.5 Å². The summed E-state index contributed by atoms with van der Waals surface area (Å²) in [7, 11) is 0. The summed E-state index contributed by atoms with van der Waals surface area (Å²) in [5, 5.41) is 9.97. The molecule has 5 heteroatoms. The van der Waals surface area contributed by atoms with Gasteiger partial charge in [0.15, 0.2) is 5.75 Å². The molecule has 0 spiro atoms. The molecule has 0 saturated carbocycles. The molecule has 0 aliphatic rings. The summed E-state index contributed by atoms with van der Waals surface area (Å²) in [6.07, 6.45) is 1.76. The van der Waals surface area contributed by atoms with Crippen LogP contribution in [0.4, 0.5) is 0 Å². The summed E-state index contributed by atoms with van der Waals surface area (Å²) >= 11 is 15.4. The molecule has 0 fully saturated rings. The van der Waals surface area contributed by atoms with E-state index >= 15 is 0 Å². The fourth-order valence-electron chi connectivity index (χ4n) is 1.83. The highest BCUT2D eigenvalue weighted by Gasteiger charge is 2.09. The van der Waals surface area contributed by atoms with Gasteiger partial charge in [0.05, 0.1) is 16.7 Å². The molecule has 0 aliphatic carbocycles. The minimum atomic E-state index is 0.0292. The van der Waals surface area contributed by atoms with E-state index < -0.39 is 0 Å². The van der Waals surface area contributed by atoms with E-state index in [4.69, 9.17) is 27.9 Å². The van der Waals surface area contributed by atoms with Crippen LogP contribution in [-0.2, 0) is 6.42 Å². The maximum Gasteiger partial charge on any atom is 0.156 e. The van der Waals surface area contributed by atoms with Crippen molar-refractivity contribution >= 4 is 39.1 Å². The Morgan fingerprint density at radius 2 is 1.80 bits per heavy atom. The van der Waals surface area contributed by atoms with Crippen LogP contribution in [0.2, 0.25) is 10.0 Å². The van der Waals surface area contributed by atoms with E-state index in [9.17, 15) is 5.11 Å². The molecule has 0 amide bonds. The molecule has 0 aliphatic heterocycles. The zero-order valence-electron chi connectivity index (χ0n) is 10.6. The summed E-state index contributed by atoms with van der Waals surface area (Å²) < 4.78 is 6.66. The van der Waals surface area contributed by atoms with E-state index in [-0.39, 0.29) is 5.75 Å². The third kappa shape index (κ3) is 4.30. The predicted molar refractivity (Wildman–Crippen MR) is 86.1 cm³/mol. The molecule has 2 aromatic rings. The number of benzene rings is 2. The van der Waals surface area contributed by atoms with Crippen LogP contribution in [0, 0.1) is 0 Å². The lowest BCUT2D eigenvalue weighted by molar-refractivity contribution is 0.311. The number of hydrogen-bond donors (Lipinski definition) is 1. The van der Waals surface area contributed by atoms with E-state index in [0.717, 1.165) is 17.3 Å². The van der Waals surface area contributed by atoms with Gasteiger partial charge in [-0.25, -0.2) is 0 Å². The number of rotatable bonds is 5. The van der Waals surface area contributed by atoms with Crippen molar-refractivity contribution in [1.29, 1.82) is 0 Å². The second-order valence-corrected chi connectivity index (χ2v) is 6.05. The molecule has 2 aromatic carbocycles. The molecule has 1 N–H and O–H groups in total. The number of phenols is 1. The zero-order valence-corrected chi connectivity index (χ0v) is 13.7. The van der Waals surface area contributed by atoms with E-state index in [2.05, 4.69) is 28.1 Å². The second kappa shape index (κ2) is 7.21. The Kier molecular flexibility index (Phi) is 5.58. The molecule has 0 radical (unpaired) electrons. The maximum absolute atomic E-state index is 9.34. The Morgan fingerprint density at radius 1 is 1.10 bits per heavy atom. The van der Waals surface area contributed by atoms with Crippen LogP contribution in [0.3, 0.4) is 0 Å². The Balaban J connectivity index is 1.88. The highest BCUT2D eigenvalue weighted by Crippen LogP contribution is 2.36.